The molecular formula is C13H14N2S. The van der Waals surface area contributed by atoms with Gasteiger partial charge >= 0.3 is 0 Å². The van der Waals surface area contributed by atoms with E-state index in [2.05, 4.69) is 34.6 Å². The molecule has 0 aromatic carbocycles. The predicted octanol–water partition coefficient (Wildman–Crippen LogP) is 2.97. The summed E-state index contributed by atoms with van der Waals surface area (Å²) in [7, 11) is 0. The van der Waals surface area contributed by atoms with E-state index < -0.39 is 0 Å². The molecule has 0 aliphatic carbocycles. The second-order valence-electron chi connectivity index (χ2n) is 3.59. The average Bonchev–Trinajstić information content (AvgIpc) is 2.75. The van der Waals surface area contributed by atoms with Crippen LogP contribution in [0.15, 0.2) is 23.7 Å². The fourth-order valence-corrected chi connectivity index (χ4v) is 2.51. The summed E-state index contributed by atoms with van der Waals surface area (Å²) in [5, 5.41) is 5.44. The minimum Gasteiger partial charge on any atom is -0.309 e. The van der Waals surface area contributed by atoms with Crippen LogP contribution in [-0.2, 0) is 0 Å². The molecule has 0 radical (unpaired) electrons. The highest BCUT2D eigenvalue weighted by molar-refractivity contribution is 7.17. The van der Waals surface area contributed by atoms with Crippen LogP contribution in [0.4, 0.5) is 0 Å². The molecule has 0 spiro atoms. The number of pyridine rings is 1. The summed E-state index contributed by atoms with van der Waals surface area (Å²) >= 11 is 1.71. The van der Waals surface area contributed by atoms with Crippen LogP contribution in [0, 0.1) is 12.3 Å². The van der Waals surface area contributed by atoms with Gasteiger partial charge in [0.25, 0.3) is 0 Å². The van der Waals surface area contributed by atoms with Crippen LogP contribution < -0.4 is 5.32 Å². The minimum absolute atomic E-state index is 0.217. The lowest BCUT2D eigenvalue weighted by molar-refractivity contribution is 0.564. The van der Waals surface area contributed by atoms with Crippen LogP contribution in [0.3, 0.4) is 0 Å². The largest absolute Gasteiger partial charge is 0.309 e. The normalized spacial score (nSPS) is 12.5. The lowest BCUT2D eigenvalue weighted by Gasteiger charge is -2.15. The zero-order valence-corrected chi connectivity index (χ0v) is 10.1. The molecule has 0 bridgehead atoms. The highest BCUT2D eigenvalue weighted by Crippen LogP contribution is 2.23. The lowest BCUT2D eigenvalue weighted by atomic mass is 10.1. The molecule has 2 aromatic heterocycles. The summed E-state index contributed by atoms with van der Waals surface area (Å²) < 4.78 is 1.22. The molecule has 2 heterocycles. The Labute approximate surface area is 99.7 Å². The second-order valence-corrected chi connectivity index (χ2v) is 4.54. The van der Waals surface area contributed by atoms with Crippen LogP contribution in [0.25, 0.3) is 10.2 Å². The predicted molar refractivity (Wildman–Crippen MR) is 69.5 cm³/mol. The molecule has 3 heteroatoms. The first-order valence-electron chi connectivity index (χ1n) is 5.35. The summed E-state index contributed by atoms with van der Waals surface area (Å²) in [6.07, 6.45) is 8.00. The standard InChI is InChI=1S/C13H14N2S/c1-3-5-11(14-4-2)10-8-13-12(15-9-10)6-7-16-13/h1,6-9,11,14H,4-5H2,2H3. The van der Waals surface area contributed by atoms with Gasteiger partial charge in [0.1, 0.15) is 0 Å². The first-order chi connectivity index (χ1) is 7.85. The minimum atomic E-state index is 0.217. The Kier molecular flexibility index (Phi) is 3.55. The molecule has 16 heavy (non-hydrogen) atoms. The first kappa shape index (κ1) is 11.1. The van der Waals surface area contributed by atoms with E-state index in [0.29, 0.717) is 6.42 Å². The van der Waals surface area contributed by atoms with Gasteiger partial charge in [0.2, 0.25) is 0 Å². The Bertz CT molecular complexity index is 510. The average molecular weight is 230 g/mol. The van der Waals surface area contributed by atoms with Gasteiger partial charge in [-0.25, -0.2) is 0 Å². The van der Waals surface area contributed by atoms with Crippen molar-refractivity contribution in [2.45, 2.75) is 19.4 Å². The van der Waals surface area contributed by atoms with Crippen LogP contribution >= 0.6 is 11.3 Å². The van der Waals surface area contributed by atoms with Crippen molar-refractivity contribution in [3.8, 4) is 12.3 Å². The Morgan fingerprint density at radius 2 is 2.50 bits per heavy atom. The summed E-state index contributed by atoms with van der Waals surface area (Å²) in [5.41, 5.74) is 2.24. The number of hydrogen-bond donors (Lipinski definition) is 1. The van der Waals surface area contributed by atoms with Gasteiger partial charge in [0, 0.05) is 18.7 Å². The molecule has 2 nitrogen and oxygen atoms in total. The van der Waals surface area contributed by atoms with Gasteiger partial charge in [-0.05, 0) is 29.6 Å². The number of rotatable bonds is 4. The highest BCUT2D eigenvalue weighted by Gasteiger charge is 2.10. The van der Waals surface area contributed by atoms with Crippen molar-refractivity contribution in [1.29, 1.82) is 0 Å². The third-order valence-electron chi connectivity index (χ3n) is 2.50. The van der Waals surface area contributed by atoms with Crippen molar-refractivity contribution < 1.29 is 0 Å². The van der Waals surface area contributed by atoms with Gasteiger partial charge in [-0.15, -0.1) is 23.7 Å². The summed E-state index contributed by atoms with van der Waals surface area (Å²) in [6, 6.07) is 4.43. The van der Waals surface area contributed by atoms with Gasteiger partial charge in [-0.2, -0.15) is 0 Å². The number of nitrogens with zero attached hydrogens (tertiary/aromatic N) is 1. The Hall–Kier alpha value is -1.37. The van der Waals surface area contributed by atoms with Crippen LogP contribution in [0.2, 0.25) is 0 Å². The van der Waals surface area contributed by atoms with Gasteiger partial charge in [0.05, 0.1) is 10.2 Å². The van der Waals surface area contributed by atoms with Crippen LogP contribution in [0.1, 0.15) is 24.9 Å². The monoisotopic (exact) mass is 230 g/mol. The number of nitrogens with one attached hydrogen (secondary N) is 1. The molecule has 82 valence electrons. The zero-order valence-electron chi connectivity index (χ0n) is 9.23. The third kappa shape index (κ3) is 2.24. The van der Waals surface area contributed by atoms with Crippen LogP contribution in [0.5, 0.6) is 0 Å². The van der Waals surface area contributed by atoms with Crippen molar-refractivity contribution in [3.05, 3.63) is 29.3 Å². The molecule has 1 unspecified atom stereocenters. The van der Waals surface area contributed by atoms with Gasteiger partial charge in [-0.3, -0.25) is 4.98 Å². The highest BCUT2D eigenvalue weighted by atomic mass is 32.1. The fourth-order valence-electron chi connectivity index (χ4n) is 1.72. The smallest absolute Gasteiger partial charge is 0.0809 e. The molecule has 1 atom stereocenters. The summed E-state index contributed by atoms with van der Waals surface area (Å²) in [6.45, 7) is 3.00. The van der Waals surface area contributed by atoms with E-state index >= 15 is 0 Å². The third-order valence-corrected chi connectivity index (χ3v) is 3.35. The van der Waals surface area contributed by atoms with E-state index in [-0.39, 0.29) is 6.04 Å². The number of fused-ring (bicyclic) bond motifs is 1. The van der Waals surface area contributed by atoms with E-state index in [0.717, 1.165) is 12.1 Å². The Morgan fingerprint density at radius 3 is 3.25 bits per heavy atom. The molecule has 2 aromatic rings. The van der Waals surface area contributed by atoms with Crippen molar-refractivity contribution in [2.24, 2.45) is 0 Å². The van der Waals surface area contributed by atoms with E-state index in [4.69, 9.17) is 6.42 Å². The maximum absolute atomic E-state index is 5.38. The SMILES string of the molecule is C#CCC(NCC)c1cnc2ccsc2c1. The Balaban J connectivity index is 2.32. The van der Waals surface area contributed by atoms with Gasteiger partial charge in [-0.1, -0.05) is 6.92 Å². The maximum atomic E-state index is 5.38. The Morgan fingerprint density at radius 1 is 1.62 bits per heavy atom. The molecule has 0 saturated carbocycles. The summed E-state index contributed by atoms with van der Waals surface area (Å²) in [4.78, 5) is 4.43. The van der Waals surface area contributed by atoms with Gasteiger partial charge < -0.3 is 5.32 Å². The maximum Gasteiger partial charge on any atom is 0.0809 e. The van der Waals surface area contributed by atoms with Crippen molar-refractivity contribution in [3.63, 3.8) is 0 Å². The number of aromatic nitrogens is 1. The van der Waals surface area contributed by atoms with E-state index in [1.165, 1.54) is 10.3 Å². The summed E-state index contributed by atoms with van der Waals surface area (Å²) in [5.74, 6) is 2.71. The number of terminal acetylenes is 1. The van der Waals surface area contributed by atoms with Gasteiger partial charge in [0.15, 0.2) is 0 Å². The molecule has 0 fully saturated rings. The number of thiophene rings is 1. The number of hydrogen-bond acceptors (Lipinski definition) is 3. The fraction of sp³-hybridized carbons (Fsp3) is 0.308. The van der Waals surface area contributed by atoms with Crippen molar-refractivity contribution in [2.75, 3.05) is 6.54 Å². The van der Waals surface area contributed by atoms with Crippen LogP contribution in [-0.4, -0.2) is 11.5 Å². The molecule has 0 aliphatic heterocycles. The molecular weight excluding hydrogens is 216 g/mol. The quantitative estimate of drug-likeness (QED) is 0.817. The molecule has 0 aliphatic rings. The second kappa shape index (κ2) is 5.11. The van der Waals surface area contributed by atoms with E-state index in [1.54, 1.807) is 11.3 Å². The zero-order chi connectivity index (χ0) is 11.4. The molecule has 0 saturated heterocycles. The van der Waals surface area contributed by atoms with E-state index in [1.807, 2.05) is 12.3 Å². The lowest BCUT2D eigenvalue weighted by Crippen LogP contribution is -2.20. The molecule has 1 N–H and O–H groups in total. The van der Waals surface area contributed by atoms with Crippen molar-refractivity contribution in [1.82, 2.24) is 10.3 Å². The van der Waals surface area contributed by atoms with Crippen molar-refractivity contribution >= 4 is 21.6 Å². The van der Waals surface area contributed by atoms with E-state index in [9.17, 15) is 0 Å². The topological polar surface area (TPSA) is 24.9 Å². The molecule has 0 amide bonds. The molecule has 2 rings (SSSR count). The first-order valence-corrected chi connectivity index (χ1v) is 6.23.